The Morgan fingerprint density at radius 3 is 2.23 bits per heavy atom. The third-order valence-electron chi connectivity index (χ3n) is 7.54. The SMILES string of the molecule is CCOC(=O)C(C)=C[C@H](C(C)C)N(C)C(=O)[C@@H](NC(=O)C1CCCCN1C1CCCC1)C(C)(C)C. The van der Waals surface area contributed by atoms with Crippen LogP contribution in [-0.4, -0.2) is 72.0 Å². The van der Waals surface area contributed by atoms with Crippen LogP contribution in [0.1, 0.15) is 93.4 Å². The van der Waals surface area contributed by atoms with Crippen molar-refractivity contribution in [2.45, 2.75) is 118 Å². The normalized spacial score (nSPS) is 22.1. The highest BCUT2D eigenvalue weighted by Gasteiger charge is 2.41. The van der Waals surface area contributed by atoms with E-state index in [9.17, 15) is 14.4 Å². The monoisotopic (exact) mass is 491 g/mol. The summed E-state index contributed by atoms with van der Waals surface area (Å²) in [5, 5.41) is 3.17. The first-order valence-electron chi connectivity index (χ1n) is 13.6. The molecule has 3 atom stereocenters. The second-order valence-electron chi connectivity index (χ2n) is 11.7. The van der Waals surface area contributed by atoms with Gasteiger partial charge in [-0.2, -0.15) is 0 Å². The second-order valence-corrected chi connectivity index (χ2v) is 11.7. The summed E-state index contributed by atoms with van der Waals surface area (Å²) in [6, 6.07) is -0.635. The average molecular weight is 492 g/mol. The molecular formula is C28H49N3O4. The number of likely N-dealkylation sites (tertiary alicyclic amines) is 1. The predicted octanol–water partition coefficient (Wildman–Crippen LogP) is 4.31. The van der Waals surface area contributed by atoms with Gasteiger partial charge in [0.15, 0.2) is 0 Å². The second kappa shape index (κ2) is 12.9. The summed E-state index contributed by atoms with van der Waals surface area (Å²) in [4.78, 5) is 43.7. The van der Waals surface area contributed by atoms with Gasteiger partial charge in [0, 0.05) is 18.7 Å². The number of nitrogens with one attached hydrogen (secondary N) is 1. The molecule has 1 N–H and O–H groups in total. The Morgan fingerprint density at radius 2 is 1.69 bits per heavy atom. The minimum Gasteiger partial charge on any atom is -0.463 e. The summed E-state index contributed by atoms with van der Waals surface area (Å²) in [6.07, 6.45) is 9.63. The van der Waals surface area contributed by atoms with Crippen LogP contribution in [0.2, 0.25) is 0 Å². The Balaban J connectivity index is 2.23. The first kappa shape index (κ1) is 29.3. The lowest BCUT2D eigenvalue weighted by atomic mass is 9.84. The maximum absolute atomic E-state index is 13.8. The molecule has 200 valence electrons. The van der Waals surface area contributed by atoms with Crippen molar-refractivity contribution in [3.63, 3.8) is 0 Å². The molecule has 0 aromatic carbocycles. The van der Waals surface area contributed by atoms with Crippen LogP contribution in [0.3, 0.4) is 0 Å². The van der Waals surface area contributed by atoms with Gasteiger partial charge in [-0.05, 0) is 57.4 Å². The van der Waals surface area contributed by atoms with E-state index < -0.39 is 11.5 Å². The lowest BCUT2D eigenvalue weighted by Gasteiger charge is -2.41. The summed E-state index contributed by atoms with van der Waals surface area (Å²) < 4.78 is 5.13. The molecule has 35 heavy (non-hydrogen) atoms. The number of ether oxygens (including phenoxy) is 1. The number of piperidine rings is 1. The molecule has 0 spiro atoms. The molecule has 2 fully saturated rings. The van der Waals surface area contributed by atoms with E-state index in [1.165, 1.54) is 12.8 Å². The van der Waals surface area contributed by atoms with Crippen LogP contribution in [0.5, 0.6) is 0 Å². The molecule has 2 aliphatic rings. The van der Waals surface area contributed by atoms with Gasteiger partial charge in [0.25, 0.3) is 0 Å². The summed E-state index contributed by atoms with van der Waals surface area (Å²) in [6.45, 7) is 14.8. The number of carbonyl (C=O) groups is 3. The van der Waals surface area contributed by atoms with Crippen molar-refractivity contribution in [2.75, 3.05) is 20.2 Å². The molecule has 0 aromatic heterocycles. The minimum atomic E-state index is -0.662. The van der Waals surface area contributed by atoms with Crippen LogP contribution >= 0.6 is 0 Å². The molecule has 7 nitrogen and oxygen atoms in total. The molecule has 1 saturated carbocycles. The zero-order valence-corrected chi connectivity index (χ0v) is 23.4. The van der Waals surface area contributed by atoms with E-state index in [-0.39, 0.29) is 35.8 Å². The van der Waals surface area contributed by atoms with Crippen molar-refractivity contribution in [3.05, 3.63) is 11.6 Å². The third kappa shape index (κ3) is 7.80. The van der Waals surface area contributed by atoms with E-state index in [0.29, 0.717) is 18.2 Å². The smallest absolute Gasteiger partial charge is 0.333 e. The lowest BCUT2D eigenvalue weighted by molar-refractivity contribution is -0.142. The molecule has 1 unspecified atom stereocenters. The quantitative estimate of drug-likeness (QED) is 0.384. The fourth-order valence-corrected chi connectivity index (χ4v) is 5.47. The number of amides is 2. The Bertz CT molecular complexity index is 765. The number of rotatable bonds is 9. The van der Waals surface area contributed by atoms with Gasteiger partial charge in [-0.25, -0.2) is 4.79 Å². The molecule has 0 bridgehead atoms. The highest BCUT2D eigenvalue weighted by molar-refractivity contribution is 5.91. The van der Waals surface area contributed by atoms with Gasteiger partial charge in [-0.3, -0.25) is 14.5 Å². The maximum atomic E-state index is 13.8. The fourth-order valence-electron chi connectivity index (χ4n) is 5.47. The third-order valence-corrected chi connectivity index (χ3v) is 7.54. The van der Waals surface area contributed by atoms with Crippen LogP contribution < -0.4 is 5.32 Å². The van der Waals surface area contributed by atoms with E-state index in [4.69, 9.17) is 4.74 Å². The van der Waals surface area contributed by atoms with Gasteiger partial charge < -0.3 is 15.0 Å². The molecule has 2 rings (SSSR count). The van der Waals surface area contributed by atoms with Crippen LogP contribution in [-0.2, 0) is 19.1 Å². The molecule has 1 aliphatic heterocycles. The largest absolute Gasteiger partial charge is 0.463 e. The number of nitrogens with zero attached hydrogens (tertiary/aromatic N) is 2. The number of likely N-dealkylation sites (N-methyl/N-ethyl adjacent to an activating group) is 1. The first-order chi connectivity index (χ1) is 16.4. The van der Waals surface area contributed by atoms with Gasteiger partial charge in [0.05, 0.1) is 18.7 Å². The van der Waals surface area contributed by atoms with Crippen molar-refractivity contribution >= 4 is 17.8 Å². The first-order valence-corrected chi connectivity index (χ1v) is 13.6. The standard InChI is InChI=1S/C28H49N3O4/c1-9-35-27(34)20(4)18-23(19(2)3)30(8)26(33)24(28(5,6)7)29-25(32)22-16-12-13-17-31(22)21-14-10-11-15-21/h18-19,21-24H,9-17H2,1-8H3,(H,29,32)/t22?,23-,24-/m1/s1. The molecule has 7 heteroatoms. The van der Waals surface area contributed by atoms with Crippen LogP contribution in [0.25, 0.3) is 0 Å². The van der Waals surface area contributed by atoms with E-state index in [1.54, 1.807) is 25.8 Å². The zero-order chi connectivity index (χ0) is 26.3. The van der Waals surface area contributed by atoms with Crippen LogP contribution in [0.4, 0.5) is 0 Å². The Labute approximate surface area is 213 Å². The molecule has 2 amide bonds. The Hall–Kier alpha value is -1.89. The van der Waals surface area contributed by atoms with Gasteiger partial charge in [-0.1, -0.05) is 60.0 Å². The van der Waals surface area contributed by atoms with E-state index in [1.807, 2.05) is 40.7 Å². The molecule has 0 radical (unpaired) electrons. The highest BCUT2D eigenvalue weighted by atomic mass is 16.5. The minimum absolute atomic E-state index is 0.0300. The number of hydrogen-bond acceptors (Lipinski definition) is 5. The molecular weight excluding hydrogens is 442 g/mol. The Kier molecular flexibility index (Phi) is 10.8. The zero-order valence-electron chi connectivity index (χ0n) is 23.4. The summed E-state index contributed by atoms with van der Waals surface area (Å²) in [5.74, 6) is -0.455. The molecule has 1 aliphatic carbocycles. The highest BCUT2D eigenvalue weighted by Crippen LogP contribution is 2.30. The predicted molar refractivity (Wildman–Crippen MR) is 140 cm³/mol. The summed E-state index contributed by atoms with van der Waals surface area (Å²) in [5.41, 5.74) is 0.0194. The van der Waals surface area contributed by atoms with Crippen molar-refractivity contribution in [1.82, 2.24) is 15.1 Å². The lowest BCUT2D eigenvalue weighted by Crippen LogP contribution is -2.60. The van der Waals surface area contributed by atoms with E-state index in [2.05, 4.69) is 10.2 Å². The van der Waals surface area contributed by atoms with Gasteiger partial charge in [0.2, 0.25) is 11.8 Å². The topological polar surface area (TPSA) is 79.0 Å². The van der Waals surface area contributed by atoms with Crippen molar-refractivity contribution in [2.24, 2.45) is 11.3 Å². The van der Waals surface area contributed by atoms with Crippen molar-refractivity contribution in [3.8, 4) is 0 Å². The van der Waals surface area contributed by atoms with E-state index >= 15 is 0 Å². The van der Waals surface area contributed by atoms with Gasteiger partial charge in [0.1, 0.15) is 6.04 Å². The summed E-state index contributed by atoms with van der Waals surface area (Å²) in [7, 11) is 1.76. The maximum Gasteiger partial charge on any atom is 0.333 e. The average Bonchev–Trinajstić information content (AvgIpc) is 3.33. The van der Waals surface area contributed by atoms with Crippen LogP contribution in [0.15, 0.2) is 11.6 Å². The van der Waals surface area contributed by atoms with Crippen molar-refractivity contribution in [1.29, 1.82) is 0 Å². The molecule has 0 aromatic rings. The fraction of sp³-hybridized carbons (Fsp3) is 0.821. The number of esters is 1. The van der Waals surface area contributed by atoms with Gasteiger partial charge >= 0.3 is 5.97 Å². The number of hydrogen-bond donors (Lipinski definition) is 1. The van der Waals surface area contributed by atoms with E-state index in [0.717, 1.165) is 38.6 Å². The van der Waals surface area contributed by atoms with Crippen LogP contribution in [0, 0.1) is 11.3 Å². The van der Waals surface area contributed by atoms with Crippen molar-refractivity contribution < 1.29 is 19.1 Å². The summed E-state index contributed by atoms with van der Waals surface area (Å²) >= 11 is 0. The molecule has 1 heterocycles. The molecule has 1 saturated heterocycles. The van der Waals surface area contributed by atoms with Gasteiger partial charge in [-0.15, -0.1) is 0 Å². The number of carbonyl (C=O) groups excluding carboxylic acids is 3. The Morgan fingerprint density at radius 1 is 1.09 bits per heavy atom.